The van der Waals surface area contributed by atoms with E-state index in [0.29, 0.717) is 0 Å². The van der Waals surface area contributed by atoms with Crippen LogP contribution in [-0.2, 0) is 0 Å². The zero-order chi connectivity index (χ0) is 13.3. The van der Waals surface area contributed by atoms with Crippen LogP contribution in [0.25, 0.3) is 6.08 Å². The summed E-state index contributed by atoms with van der Waals surface area (Å²) in [4.78, 5) is 17.0. The third-order valence-electron chi connectivity index (χ3n) is 2.82. The molecule has 96 valence electrons. The van der Waals surface area contributed by atoms with Crippen molar-refractivity contribution in [2.75, 3.05) is 4.90 Å². The summed E-state index contributed by atoms with van der Waals surface area (Å²) in [5.41, 5.74) is 1.78. The Morgan fingerprint density at radius 2 is 2.22 bits per heavy atom. The number of amides is 1. The largest absolute Gasteiger partial charge is 0.465 e. The van der Waals surface area contributed by atoms with E-state index in [2.05, 4.69) is 10.3 Å². The minimum Gasteiger partial charge on any atom is -0.465 e. The van der Waals surface area contributed by atoms with Crippen molar-refractivity contribution < 1.29 is 9.90 Å². The molecular formula is C13H17N3O2. The van der Waals surface area contributed by atoms with Crippen LogP contribution >= 0.6 is 0 Å². The summed E-state index contributed by atoms with van der Waals surface area (Å²) in [6.07, 6.45) is 5.83. The van der Waals surface area contributed by atoms with Crippen molar-refractivity contribution >= 4 is 17.9 Å². The van der Waals surface area contributed by atoms with Gasteiger partial charge in [0.25, 0.3) is 0 Å². The molecule has 0 bridgehead atoms. The highest BCUT2D eigenvalue weighted by Crippen LogP contribution is 2.33. The molecule has 5 nitrogen and oxygen atoms in total. The van der Waals surface area contributed by atoms with Gasteiger partial charge in [-0.3, -0.25) is 10.3 Å². The molecule has 1 aliphatic heterocycles. The van der Waals surface area contributed by atoms with E-state index >= 15 is 0 Å². The zero-order valence-electron chi connectivity index (χ0n) is 10.7. The maximum Gasteiger partial charge on any atom is 0.406 e. The molecular weight excluding hydrogens is 230 g/mol. The number of carbonyl (C=O) groups is 1. The molecule has 0 saturated heterocycles. The molecule has 2 rings (SSSR count). The molecule has 2 heterocycles. The van der Waals surface area contributed by atoms with Crippen molar-refractivity contribution in [2.24, 2.45) is 0 Å². The number of pyridine rings is 1. The molecule has 0 fully saturated rings. The van der Waals surface area contributed by atoms with Gasteiger partial charge in [0.15, 0.2) is 0 Å². The monoisotopic (exact) mass is 247 g/mol. The second-order valence-electron chi connectivity index (χ2n) is 5.23. The minimum atomic E-state index is -1.03. The number of fused-ring (bicyclic) bond motifs is 1. The van der Waals surface area contributed by atoms with Crippen molar-refractivity contribution in [3.05, 3.63) is 30.1 Å². The lowest BCUT2D eigenvalue weighted by Gasteiger charge is -2.44. The Bertz CT molecular complexity index is 491. The fourth-order valence-electron chi connectivity index (χ4n) is 2.20. The SMILES string of the molecule is CC(C)(C)N1c2ccncc2C=CC1NC(=O)O. The molecule has 1 aliphatic rings. The van der Waals surface area contributed by atoms with Crippen LogP contribution in [0.2, 0.25) is 0 Å². The van der Waals surface area contributed by atoms with E-state index in [4.69, 9.17) is 5.11 Å². The Morgan fingerprint density at radius 3 is 2.83 bits per heavy atom. The summed E-state index contributed by atoms with van der Waals surface area (Å²) < 4.78 is 0. The van der Waals surface area contributed by atoms with E-state index in [9.17, 15) is 4.79 Å². The van der Waals surface area contributed by atoms with Crippen LogP contribution in [0, 0.1) is 0 Å². The first-order chi connectivity index (χ1) is 8.39. The third kappa shape index (κ3) is 2.30. The first-order valence-electron chi connectivity index (χ1n) is 5.80. The van der Waals surface area contributed by atoms with Crippen LogP contribution in [0.15, 0.2) is 24.5 Å². The second kappa shape index (κ2) is 4.33. The zero-order valence-corrected chi connectivity index (χ0v) is 10.7. The standard InChI is InChI=1S/C13H17N3O2/c1-13(2,3)16-10-6-7-14-8-9(10)4-5-11(16)15-12(17)18/h4-8,11,15H,1-3H3,(H,17,18). The molecule has 0 aromatic carbocycles. The lowest BCUT2D eigenvalue weighted by Crippen LogP contribution is -2.56. The summed E-state index contributed by atoms with van der Waals surface area (Å²) in [6, 6.07) is 1.90. The summed E-state index contributed by atoms with van der Waals surface area (Å²) in [5, 5.41) is 11.4. The van der Waals surface area contributed by atoms with Crippen LogP contribution in [0.3, 0.4) is 0 Å². The van der Waals surface area contributed by atoms with Gasteiger partial charge in [-0.15, -0.1) is 0 Å². The molecule has 0 radical (unpaired) electrons. The summed E-state index contributed by atoms with van der Waals surface area (Å²) in [5.74, 6) is 0. The number of nitrogens with zero attached hydrogens (tertiary/aromatic N) is 2. The van der Waals surface area contributed by atoms with Crippen LogP contribution in [0.5, 0.6) is 0 Å². The van der Waals surface area contributed by atoms with Crippen molar-refractivity contribution in [3.8, 4) is 0 Å². The predicted octanol–water partition coefficient (Wildman–Crippen LogP) is 2.31. The van der Waals surface area contributed by atoms with Gasteiger partial charge < -0.3 is 10.0 Å². The normalized spacial score (nSPS) is 18.4. The third-order valence-corrected chi connectivity index (χ3v) is 2.82. The van der Waals surface area contributed by atoms with E-state index in [0.717, 1.165) is 11.3 Å². The molecule has 2 N–H and O–H groups in total. The van der Waals surface area contributed by atoms with E-state index in [1.807, 2.05) is 43.9 Å². The Kier molecular flexibility index (Phi) is 2.98. The average Bonchev–Trinajstić information content (AvgIpc) is 2.26. The maximum absolute atomic E-state index is 10.9. The number of rotatable bonds is 1. The van der Waals surface area contributed by atoms with E-state index < -0.39 is 6.09 Å². The topological polar surface area (TPSA) is 65.5 Å². The van der Waals surface area contributed by atoms with Crippen molar-refractivity contribution in [3.63, 3.8) is 0 Å². The molecule has 1 aromatic heterocycles. The van der Waals surface area contributed by atoms with Gasteiger partial charge in [-0.2, -0.15) is 0 Å². The van der Waals surface area contributed by atoms with Crippen LogP contribution in [0.1, 0.15) is 26.3 Å². The smallest absolute Gasteiger partial charge is 0.406 e. The molecule has 1 aromatic rings. The van der Waals surface area contributed by atoms with Gasteiger partial charge in [0, 0.05) is 29.2 Å². The average molecular weight is 247 g/mol. The van der Waals surface area contributed by atoms with Gasteiger partial charge in [0.05, 0.1) is 0 Å². The van der Waals surface area contributed by atoms with E-state index in [1.165, 1.54) is 0 Å². The van der Waals surface area contributed by atoms with Gasteiger partial charge in [0.2, 0.25) is 0 Å². The van der Waals surface area contributed by atoms with Crippen molar-refractivity contribution in [1.29, 1.82) is 0 Å². The van der Waals surface area contributed by atoms with Crippen LogP contribution in [-0.4, -0.2) is 27.9 Å². The molecule has 18 heavy (non-hydrogen) atoms. The lowest BCUT2D eigenvalue weighted by molar-refractivity contribution is 0.190. The van der Waals surface area contributed by atoms with Gasteiger partial charge in [-0.1, -0.05) is 6.08 Å². The Balaban J connectivity index is 2.45. The van der Waals surface area contributed by atoms with Gasteiger partial charge in [-0.25, -0.2) is 4.79 Å². The summed E-state index contributed by atoms with van der Waals surface area (Å²) in [6.45, 7) is 6.15. The molecule has 1 amide bonds. The number of nitrogens with one attached hydrogen (secondary N) is 1. The number of aromatic nitrogens is 1. The predicted molar refractivity (Wildman–Crippen MR) is 70.5 cm³/mol. The highest BCUT2D eigenvalue weighted by molar-refractivity contribution is 5.74. The van der Waals surface area contributed by atoms with Crippen LogP contribution in [0.4, 0.5) is 10.5 Å². The lowest BCUT2D eigenvalue weighted by atomic mass is 9.99. The van der Waals surface area contributed by atoms with E-state index in [1.54, 1.807) is 12.4 Å². The number of hydrogen-bond acceptors (Lipinski definition) is 3. The first-order valence-corrected chi connectivity index (χ1v) is 5.80. The highest BCUT2D eigenvalue weighted by atomic mass is 16.4. The molecule has 0 aliphatic carbocycles. The molecule has 1 atom stereocenters. The van der Waals surface area contributed by atoms with Crippen molar-refractivity contribution in [2.45, 2.75) is 32.5 Å². The Morgan fingerprint density at radius 1 is 1.50 bits per heavy atom. The molecule has 0 saturated carbocycles. The van der Waals surface area contributed by atoms with Crippen LogP contribution < -0.4 is 10.2 Å². The molecule has 1 unspecified atom stereocenters. The quantitative estimate of drug-likeness (QED) is 0.799. The maximum atomic E-state index is 10.9. The Labute approximate surface area is 106 Å². The minimum absolute atomic E-state index is 0.200. The summed E-state index contributed by atoms with van der Waals surface area (Å²) in [7, 11) is 0. The first kappa shape index (κ1) is 12.4. The highest BCUT2D eigenvalue weighted by Gasteiger charge is 2.32. The van der Waals surface area contributed by atoms with Gasteiger partial charge in [-0.05, 0) is 32.9 Å². The van der Waals surface area contributed by atoms with Crippen molar-refractivity contribution in [1.82, 2.24) is 10.3 Å². The number of hydrogen-bond donors (Lipinski definition) is 2. The van der Waals surface area contributed by atoms with E-state index in [-0.39, 0.29) is 11.7 Å². The summed E-state index contributed by atoms with van der Waals surface area (Å²) >= 11 is 0. The molecule has 5 heteroatoms. The van der Waals surface area contributed by atoms with Gasteiger partial charge in [0.1, 0.15) is 6.17 Å². The van der Waals surface area contributed by atoms with Gasteiger partial charge >= 0.3 is 6.09 Å². The Hall–Kier alpha value is -2.04. The number of carboxylic acid groups (broad SMARTS) is 1. The number of anilines is 1. The second-order valence-corrected chi connectivity index (χ2v) is 5.23. The fourth-order valence-corrected chi connectivity index (χ4v) is 2.20. The fraction of sp³-hybridized carbons (Fsp3) is 0.385. The molecule has 0 spiro atoms.